The molecule has 0 aliphatic carbocycles. The minimum absolute atomic E-state index is 0.0550. The minimum Gasteiger partial charge on any atom is -0.397 e. The van der Waals surface area contributed by atoms with E-state index in [1.807, 2.05) is 0 Å². The van der Waals surface area contributed by atoms with Crippen LogP contribution >= 0.6 is 0 Å². The second-order valence-corrected chi connectivity index (χ2v) is 7.68. The molecule has 1 aromatic rings. The van der Waals surface area contributed by atoms with Crippen LogP contribution in [0.4, 0.5) is 17.1 Å². The molecular weight excluding hydrogens is 292 g/mol. The van der Waals surface area contributed by atoms with Gasteiger partial charge in [0.05, 0.1) is 24.1 Å². The fourth-order valence-electron chi connectivity index (χ4n) is 2.30. The van der Waals surface area contributed by atoms with E-state index in [1.165, 1.54) is 0 Å². The van der Waals surface area contributed by atoms with Gasteiger partial charge in [0.1, 0.15) is 0 Å². The number of fused-ring (bicyclic) bond motifs is 1. The Balaban J connectivity index is 2.11. The van der Waals surface area contributed by atoms with Gasteiger partial charge in [-0.05, 0) is 31.5 Å². The van der Waals surface area contributed by atoms with E-state index >= 15 is 0 Å². The molecule has 8 heteroatoms. The molecule has 0 bridgehead atoms. The predicted molar refractivity (Wildman–Crippen MR) is 83.7 cm³/mol. The number of benzene rings is 1. The van der Waals surface area contributed by atoms with E-state index in [4.69, 9.17) is 5.73 Å². The van der Waals surface area contributed by atoms with Crippen molar-refractivity contribution in [1.29, 1.82) is 0 Å². The maximum atomic E-state index is 11.3. The van der Waals surface area contributed by atoms with Crippen molar-refractivity contribution < 1.29 is 13.2 Å². The summed E-state index contributed by atoms with van der Waals surface area (Å²) in [6.07, 6.45) is 1.45. The summed E-state index contributed by atoms with van der Waals surface area (Å²) in [6.45, 7) is 3.90. The molecule has 0 saturated heterocycles. The van der Waals surface area contributed by atoms with E-state index in [1.54, 1.807) is 26.0 Å². The van der Waals surface area contributed by atoms with Gasteiger partial charge in [-0.3, -0.25) is 4.79 Å². The van der Waals surface area contributed by atoms with Crippen LogP contribution in [0, 0.1) is 0 Å². The van der Waals surface area contributed by atoms with Crippen molar-refractivity contribution in [2.45, 2.75) is 25.8 Å². The molecule has 7 nitrogen and oxygen atoms in total. The van der Waals surface area contributed by atoms with Crippen molar-refractivity contribution in [2.24, 2.45) is 0 Å². The molecule has 0 spiro atoms. The zero-order chi connectivity index (χ0) is 15.8. The second kappa shape index (κ2) is 5.19. The molecule has 5 N–H and O–H groups in total. The van der Waals surface area contributed by atoms with Crippen LogP contribution in [-0.4, -0.2) is 32.7 Å². The molecule has 1 amide bonds. The van der Waals surface area contributed by atoms with Crippen LogP contribution in [0.15, 0.2) is 12.1 Å². The smallest absolute Gasteiger partial charge is 0.228 e. The lowest BCUT2D eigenvalue weighted by Crippen LogP contribution is -2.47. The molecule has 1 heterocycles. The van der Waals surface area contributed by atoms with Gasteiger partial charge in [-0.1, -0.05) is 0 Å². The van der Waals surface area contributed by atoms with Gasteiger partial charge in [-0.2, -0.15) is 0 Å². The van der Waals surface area contributed by atoms with Crippen LogP contribution in [0.1, 0.15) is 19.4 Å². The van der Waals surface area contributed by atoms with Crippen LogP contribution in [0.25, 0.3) is 0 Å². The Hall–Kier alpha value is -1.80. The number of anilines is 3. The first-order valence-electron chi connectivity index (χ1n) is 6.51. The van der Waals surface area contributed by atoms with E-state index in [0.29, 0.717) is 24.3 Å². The molecule has 0 fully saturated rings. The van der Waals surface area contributed by atoms with Crippen LogP contribution < -0.4 is 21.1 Å². The van der Waals surface area contributed by atoms with E-state index in [-0.39, 0.29) is 5.91 Å². The molecule has 0 aromatic heterocycles. The minimum atomic E-state index is -3.29. The standard InChI is InChI=1S/C13H20N4O3S/c1-13(2,17-21(3,19)20)7-15-11-6-10-8(4-9(11)14)5-12(18)16-10/h4,6,15,17H,5,7,14H2,1-3H3,(H,16,18). The molecule has 2 rings (SSSR count). The normalized spacial score (nSPS) is 14.7. The number of rotatable bonds is 5. The number of nitrogen functional groups attached to an aromatic ring is 1. The van der Waals surface area contributed by atoms with Crippen molar-refractivity contribution in [3.8, 4) is 0 Å². The fourth-order valence-corrected chi connectivity index (χ4v) is 3.38. The number of nitrogens with two attached hydrogens (primary N) is 1. The summed E-state index contributed by atoms with van der Waals surface area (Å²) in [5, 5.41) is 5.87. The van der Waals surface area contributed by atoms with Crippen molar-refractivity contribution >= 4 is 33.0 Å². The average Bonchev–Trinajstić information content (AvgIpc) is 2.62. The third kappa shape index (κ3) is 4.08. The maximum absolute atomic E-state index is 11.3. The first-order valence-corrected chi connectivity index (χ1v) is 8.40. The molecule has 0 atom stereocenters. The van der Waals surface area contributed by atoms with Gasteiger partial charge >= 0.3 is 0 Å². The van der Waals surface area contributed by atoms with Crippen LogP contribution in [0.3, 0.4) is 0 Å². The summed E-state index contributed by atoms with van der Waals surface area (Å²) in [6, 6.07) is 3.53. The number of amides is 1. The van der Waals surface area contributed by atoms with Crippen molar-refractivity contribution in [3.63, 3.8) is 0 Å². The number of sulfonamides is 1. The number of carbonyl (C=O) groups excluding carboxylic acids is 1. The Labute approximate surface area is 124 Å². The number of hydrogen-bond acceptors (Lipinski definition) is 5. The van der Waals surface area contributed by atoms with Gasteiger partial charge in [0.15, 0.2) is 0 Å². The number of nitrogens with one attached hydrogen (secondary N) is 3. The third-order valence-electron chi connectivity index (χ3n) is 3.08. The molecule has 0 radical (unpaired) electrons. The van der Waals surface area contributed by atoms with Crippen LogP contribution in [0.5, 0.6) is 0 Å². The van der Waals surface area contributed by atoms with Crippen molar-refractivity contribution in [1.82, 2.24) is 4.72 Å². The highest BCUT2D eigenvalue weighted by atomic mass is 32.2. The van der Waals surface area contributed by atoms with Gasteiger partial charge in [-0.25, -0.2) is 13.1 Å². The van der Waals surface area contributed by atoms with Gasteiger partial charge in [0.2, 0.25) is 15.9 Å². The van der Waals surface area contributed by atoms with Crippen molar-refractivity contribution in [3.05, 3.63) is 17.7 Å². The molecular formula is C13H20N4O3S. The lowest BCUT2D eigenvalue weighted by atomic mass is 10.1. The highest BCUT2D eigenvalue weighted by Crippen LogP contribution is 2.31. The zero-order valence-electron chi connectivity index (χ0n) is 12.3. The molecule has 21 heavy (non-hydrogen) atoms. The van der Waals surface area contributed by atoms with Gasteiger partial charge in [0, 0.05) is 17.8 Å². The van der Waals surface area contributed by atoms with Gasteiger partial charge in [-0.15, -0.1) is 0 Å². The second-order valence-electron chi connectivity index (χ2n) is 5.93. The molecule has 0 saturated carbocycles. The Kier molecular flexibility index (Phi) is 3.85. The summed E-state index contributed by atoms with van der Waals surface area (Å²) in [7, 11) is -3.29. The molecule has 1 aromatic carbocycles. The summed E-state index contributed by atoms with van der Waals surface area (Å²) >= 11 is 0. The lowest BCUT2D eigenvalue weighted by Gasteiger charge is -2.26. The van der Waals surface area contributed by atoms with Crippen molar-refractivity contribution in [2.75, 3.05) is 29.2 Å². The SMILES string of the molecule is CC(C)(CNc1cc2c(cc1N)CC(=O)N2)NS(C)(=O)=O. The first-order chi connectivity index (χ1) is 9.56. The van der Waals surface area contributed by atoms with Crippen LogP contribution in [-0.2, 0) is 21.2 Å². The largest absolute Gasteiger partial charge is 0.397 e. The predicted octanol–water partition coefficient (Wildman–Crippen LogP) is 0.503. The molecule has 0 unspecified atom stereocenters. The van der Waals surface area contributed by atoms with Gasteiger partial charge < -0.3 is 16.4 Å². The van der Waals surface area contributed by atoms with E-state index in [2.05, 4.69) is 15.4 Å². The highest BCUT2D eigenvalue weighted by Gasteiger charge is 2.23. The Morgan fingerprint density at radius 2 is 2.05 bits per heavy atom. The fraction of sp³-hybridized carbons (Fsp3) is 0.462. The van der Waals surface area contributed by atoms with E-state index < -0.39 is 15.6 Å². The molecule has 1 aliphatic rings. The Morgan fingerprint density at radius 3 is 2.67 bits per heavy atom. The Bertz CT molecular complexity index is 683. The maximum Gasteiger partial charge on any atom is 0.228 e. The zero-order valence-corrected chi connectivity index (χ0v) is 13.1. The summed E-state index contributed by atoms with van der Waals surface area (Å²) < 4.78 is 25.2. The Morgan fingerprint density at radius 1 is 1.38 bits per heavy atom. The van der Waals surface area contributed by atoms with Gasteiger partial charge in [0.25, 0.3) is 0 Å². The summed E-state index contributed by atoms with van der Waals surface area (Å²) in [5.74, 6) is -0.0550. The number of carbonyl (C=O) groups is 1. The monoisotopic (exact) mass is 312 g/mol. The summed E-state index contributed by atoms with van der Waals surface area (Å²) in [4.78, 5) is 11.3. The quantitative estimate of drug-likeness (QED) is 0.591. The topological polar surface area (TPSA) is 113 Å². The molecule has 1 aliphatic heterocycles. The van der Waals surface area contributed by atoms with E-state index in [0.717, 1.165) is 17.5 Å². The van der Waals surface area contributed by atoms with Crippen LogP contribution in [0.2, 0.25) is 0 Å². The molecule has 116 valence electrons. The third-order valence-corrected chi connectivity index (χ3v) is 4.01. The lowest BCUT2D eigenvalue weighted by molar-refractivity contribution is -0.115. The number of hydrogen-bond donors (Lipinski definition) is 4. The summed E-state index contributed by atoms with van der Waals surface area (Å²) in [5.41, 5.74) is 8.10. The first kappa shape index (κ1) is 15.6. The van der Waals surface area contributed by atoms with E-state index in [9.17, 15) is 13.2 Å². The highest BCUT2D eigenvalue weighted by molar-refractivity contribution is 7.88. The average molecular weight is 312 g/mol.